The van der Waals surface area contributed by atoms with E-state index in [4.69, 9.17) is 33.7 Å². The van der Waals surface area contributed by atoms with Gasteiger partial charge in [-0.05, 0) is 71.7 Å². The number of aromatic amines is 2. The van der Waals surface area contributed by atoms with Gasteiger partial charge in [-0.2, -0.15) is 8.78 Å². The average molecular weight is 933 g/mol. The molecular formula is C49H50F2N8O9. The molecule has 0 saturated carbocycles. The summed E-state index contributed by atoms with van der Waals surface area (Å²) >= 11 is 0. The lowest BCUT2D eigenvalue weighted by Crippen LogP contribution is -2.53. The SMILES string of the molecule is COC(=O)N[C@H](C(=O)[C@]12C[C@H](c3ncc(-c4ccc5c(c4)COc4cc6c(ccc7[nH]c([C@@H]8C[C@H](COC(F)F)CN8C(=O)[C@H](NC(=O)OC)c8ccccc8)nc76)cc4-5)[nH]3)CN1C2)[C@H](C)OC. The standard InChI is InChI=1S/C49H50F2N8O9/c1-25(64-2)39(56-47(62)65-3)42(60)49-18-31(21-58(49)24-49)43-52-19-36(54-43)29-10-12-32-30(15-29)23-67-38-17-33-28(16-34(32)38)11-13-35-41(33)55-44(53-35)37-14-26(22-68-46(50)51)20-59(37)45(61)40(57-48(63)66-4)27-8-6-5-7-9-27/h5-13,15-17,19,25-26,31,37,39-40,46H,14,18,20-24H2,1-4H3,(H,52,54)(H,53,55)(H,56,62)(H,57,63)/t25-,26-,31-,37-,39-,40+,49+,58?/m0/s1. The van der Waals surface area contributed by atoms with Gasteiger partial charge in [0.1, 0.15) is 36.1 Å². The van der Waals surface area contributed by atoms with Crippen LogP contribution in [0.25, 0.3) is 44.2 Å². The number of hydrogen-bond acceptors (Lipinski definition) is 12. The monoisotopic (exact) mass is 932 g/mol. The number of alkyl carbamates (subject to hydrolysis) is 2. The second-order valence-electron chi connectivity index (χ2n) is 17.9. The van der Waals surface area contributed by atoms with E-state index in [9.17, 15) is 28.0 Å². The van der Waals surface area contributed by atoms with E-state index in [1.807, 2.05) is 30.5 Å². The maximum atomic E-state index is 14.4. The Morgan fingerprint density at radius 3 is 2.49 bits per heavy atom. The van der Waals surface area contributed by atoms with E-state index in [0.717, 1.165) is 44.5 Å². The molecule has 0 radical (unpaired) electrons. The van der Waals surface area contributed by atoms with Crippen LogP contribution in [0.1, 0.15) is 60.5 Å². The predicted molar refractivity (Wildman–Crippen MR) is 243 cm³/mol. The van der Waals surface area contributed by atoms with Crippen molar-refractivity contribution < 1.29 is 51.6 Å². The number of piperidine rings is 1. The molecule has 68 heavy (non-hydrogen) atoms. The lowest BCUT2D eigenvalue weighted by Gasteiger charge is -2.28. The van der Waals surface area contributed by atoms with Crippen molar-refractivity contribution in [3.8, 4) is 28.1 Å². The minimum atomic E-state index is -2.97. The number of benzene rings is 4. The van der Waals surface area contributed by atoms with Crippen molar-refractivity contribution in [3.05, 3.63) is 102 Å². The summed E-state index contributed by atoms with van der Waals surface area (Å²) in [6.45, 7) is 0.196. The number of hydrogen-bond donors (Lipinski definition) is 4. The number of alkyl halides is 2. The normalized spacial score (nSPS) is 22.7. The molecule has 4 aromatic carbocycles. The number of nitrogens with zero attached hydrogens (tertiary/aromatic N) is 4. The summed E-state index contributed by atoms with van der Waals surface area (Å²) in [5, 5.41) is 7.04. The first kappa shape index (κ1) is 44.9. The van der Waals surface area contributed by atoms with Crippen molar-refractivity contribution in [1.82, 2.24) is 40.4 Å². The number of rotatable bonds is 14. The van der Waals surface area contributed by atoms with Gasteiger partial charge in [0.2, 0.25) is 0 Å². The fraction of sp³-hybridized carbons (Fsp3) is 0.388. The van der Waals surface area contributed by atoms with Crippen LogP contribution in [0.2, 0.25) is 0 Å². The Bertz CT molecular complexity index is 2930. The molecule has 354 valence electrons. The summed E-state index contributed by atoms with van der Waals surface area (Å²) in [6, 6.07) is 20.3. The van der Waals surface area contributed by atoms with E-state index in [-0.39, 0.29) is 24.9 Å². The van der Waals surface area contributed by atoms with Gasteiger partial charge in [0.05, 0.1) is 61.4 Å². The minimum absolute atomic E-state index is 0.0114. The van der Waals surface area contributed by atoms with E-state index >= 15 is 0 Å². The Morgan fingerprint density at radius 1 is 0.926 bits per heavy atom. The van der Waals surface area contributed by atoms with E-state index < -0.39 is 60.4 Å². The number of carbonyl (C=O) groups is 4. The number of imidazole rings is 2. The molecule has 4 aliphatic heterocycles. The summed E-state index contributed by atoms with van der Waals surface area (Å²) in [7, 11) is 3.98. The maximum Gasteiger partial charge on any atom is 0.407 e. The van der Waals surface area contributed by atoms with Crippen molar-refractivity contribution in [2.45, 2.75) is 68.7 Å². The number of amides is 3. The van der Waals surface area contributed by atoms with Crippen molar-refractivity contribution in [1.29, 1.82) is 0 Å². The van der Waals surface area contributed by atoms with Gasteiger partial charge in [-0.3, -0.25) is 14.5 Å². The predicted octanol–water partition coefficient (Wildman–Crippen LogP) is 6.76. The zero-order valence-corrected chi connectivity index (χ0v) is 37.7. The van der Waals surface area contributed by atoms with Crippen LogP contribution in [0.5, 0.6) is 5.75 Å². The van der Waals surface area contributed by atoms with E-state index in [1.165, 1.54) is 21.3 Å². The third-order valence-corrected chi connectivity index (χ3v) is 14.0. The molecule has 3 saturated heterocycles. The van der Waals surface area contributed by atoms with Crippen molar-refractivity contribution in [3.63, 3.8) is 0 Å². The Hall–Kier alpha value is -6.96. The first-order chi connectivity index (χ1) is 32.9. The molecule has 6 heterocycles. The second kappa shape index (κ2) is 17.9. The first-order valence-electron chi connectivity index (χ1n) is 22.4. The van der Waals surface area contributed by atoms with Crippen molar-refractivity contribution in [2.24, 2.45) is 5.92 Å². The van der Waals surface area contributed by atoms with Gasteiger partial charge in [0.15, 0.2) is 5.78 Å². The third-order valence-electron chi connectivity index (χ3n) is 14.0. The molecule has 6 aromatic rings. The Morgan fingerprint density at radius 2 is 1.72 bits per heavy atom. The summed E-state index contributed by atoms with van der Waals surface area (Å²) < 4.78 is 52.6. The molecule has 10 rings (SSSR count). The number of Topliss-reactive ketones (excluding diaryl/α,β-unsaturated/α-hetero) is 1. The first-order valence-corrected chi connectivity index (χ1v) is 22.4. The molecular weight excluding hydrogens is 883 g/mol. The molecule has 17 nitrogen and oxygen atoms in total. The van der Waals surface area contributed by atoms with Crippen LogP contribution in [-0.2, 0) is 35.1 Å². The topological polar surface area (TPSA) is 202 Å². The zero-order valence-electron chi connectivity index (χ0n) is 37.7. The molecule has 19 heteroatoms. The highest BCUT2D eigenvalue weighted by Crippen LogP contribution is 2.50. The van der Waals surface area contributed by atoms with E-state index in [1.54, 1.807) is 42.2 Å². The number of methoxy groups -OCH3 is 3. The van der Waals surface area contributed by atoms with Crippen LogP contribution in [0, 0.1) is 5.92 Å². The summed E-state index contributed by atoms with van der Waals surface area (Å²) in [5.74, 6) is 0.949. The molecule has 2 aromatic heterocycles. The second-order valence-corrected chi connectivity index (χ2v) is 17.9. The van der Waals surface area contributed by atoms with Crippen LogP contribution in [0.3, 0.4) is 0 Å². The number of halogens is 2. The highest BCUT2D eigenvalue weighted by atomic mass is 19.3. The zero-order chi connectivity index (χ0) is 47.4. The van der Waals surface area contributed by atoms with Gasteiger partial charge in [-0.15, -0.1) is 0 Å². The number of likely N-dealkylation sites (tertiary alicyclic amines) is 1. The number of ether oxygens (including phenoxy) is 5. The molecule has 1 unspecified atom stereocenters. The molecule has 0 bridgehead atoms. The van der Waals surface area contributed by atoms with Crippen molar-refractivity contribution >= 4 is 45.7 Å². The molecule has 0 spiro atoms. The van der Waals surface area contributed by atoms with Crippen LogP contribution < -0.4 is 15.4 Å². The third kappa shape index (κ3) is 8.17. The number of aromatic nitrogens is 4. The van der Waals surface area contributed by atoms with Gasteiger partial charge in [-0.25, -0.2) is 19.6 Å². The fourth-order valence-electron chi connectivity index (χ4n) is 10.3. The van der Waals surface area contributed by atoms with Crippen molar-refractivity contribution in [2.75, 3.05) is 47.6 Å². The Labute approximate surface area is 388 Å². The number of H-pyrrole nitrogens is 2. The van der Waals surface area contributed by atoms with Gasteiger partial charge >= 0.3 is 18.8 Å². The van der Waals surface area contributed by atoms with Crippen LogP contribution in [-0.4, -0.2) is 125 Å². The average Bonchev–Trinajstić information content (AvgIpc) is 3.93. The minimum Gasteiger partial charge on any atom is -0.488 e. The number of nitrogens with one attached hydrogen (secondary N) is 4. The molecule has 4 N–H and O–H groups in total. The van der Waals surface area contributed by atoms with Crippen LogP contribution in [0.4, 0.5) is 18.4 Å². The quantitative estimate of drug-likeness (QED) is 0.0838. The van der Waals surface area contributed by atoms with Crippen LogP contribution >= 0.6 is 0 Å². The molecule has 0 aliphatic carbocycles. The van der Waals surface area contributed by atoms with Crippen LogP contribution in [0.15, 0.2) is 79.0 Å². The van der Waals surface area contributed by atoms with Gasteiger partial charge < -0.3 is 49.2 Å². The Kier molecular flexibility index (Phi) is 11.8. The number of ketones is 1. The molecule has 3 fully saturated rings. The summed E-state index contributed by atoms with van der Waals surface area (Å²) in [5.41, 5.74) is 5.91. The number of fused-ring (bicyclic) bond motifs is 7. The summed E-state index contributed by atoms with van der Waals surface area (Å²) in [4.78, 5) is 73.2. The Balaban J connectivity index is 0.893. The maximum absolute atomic E-state index is 14.4. The van der Waals surface area contributed by atoms with Gasteiger partial charge in [-0.1, -0.05) is 48.5 Å². The summed E-state index contributed by atoms with van der Waals surface area (Å²) in [6.07, 6.45) is 0.646. The molecule has 4 aliphatic rings. The van der Waals surface area contributed by atoms with E-state index in [2.05, 4.69) is 43.7 Å². The number of carbonyl (C=O) groups excluding carboxylic acids is 4. The van der Waals surface area contributed by atoms with Gasteiger partial charge in [0, 0.05) is 49.5 Å². The highest BCUT2D eigenvalue weighted by Gasteiger charge is 2.65. The lowest BCUT2D eigenvalue weighted by molar-refractivity contribution is -0.139. The lowest BCUT2D eigenvalue weighted by atomic mass is 9.88. The molecule has 8 atom stereocenters. The fourth-order valence-corrected chi connectivity index (χ4v) is 10.3. The largest absolute Gasteiger partial charge is 0.488 e. The smallest absolute Gasteiger partial charge is 0.407 e. The highest BCUT2D eigenvalue weighted by molar-refractivity contribution is 6.07. The van der Waals surface area contributed by atoms with E-state index in [0.29, 0.717) is 60.7 Å². The van der Waals surface area contributed by atoms with Gasteiger partial charge in [0.25, 0.3) is 5.91 Å². The molecule has 3 amide bonds.